The van der Waals surface area contributed by atoms with Crippen molar-refractivity contribution in [3.63, 3.8) is 0 Å². The van der Waals surface area contributed by atoms with Gasteiger partial charge < -0.3 is 5.73 Å². The Morgan fingerprint density at radius 3 is 2.75 bits per heavy atom. The zero-order valence-corrected chi connectivity index (χ0v) is 12.0. The van der Waals surface area contributed by atoms with Crippen LogP contribution in [0.1, 0.15) is 21.5 Å². The average Bonchev–Trinajstić information content (AvgIpc) is 2.46. The third kappa shape index (κ3) is 3.53. The highest BCUT2D eigenvalue weighted by Crippen LogP contribution is 2.27. The molecule has 5 heteroatoms. The van der Waals surface area contributed by atoms with E-state index < -0.39 is 0 Å². The fraction of sp³-hybridized carbons (Fsp3) is 0.133. The monoisotopic (exact) mass is 287 g/mol. The molecule has 0 aliphatic rings. The number of amides is 1. The maximum absolute atomic E-state index is 11.5. The molecule has 0 unspecified atom stereocenters. The number of rotatable bonds is 4. The Morgan fingerprint density at radius 2 is 2.05 bits per heavy atom. The SMILES string of the molecule is Cc1cc(N)ccc1SCc1cccc(C(=O)NN)c1. The van der Waals surface area contributed by atoms with Crippen LogP contribution in [0.3, 0.4) is 0 Å². The van der Waals surface area contributed by atoms with Crippen LogP contribution >= 0.6 is 11.8 Å². The molecule has 0 aliphatic heterocycles. The molecule has 104 valence electrons. The summed E-state index contributed by atoms with van der Waals surface area (Å²) in [6.45, 7) is 2.04. The van der Waals surface area contributed by atoms with Gasteiger partial charge >= 0.3 is 0 Å². The van der Waals surface area contributed by atoms with Crippen LogP contribution in [0, 0.1) is 6.92 Å². The van der Waals surface area contributed by atoms with Gasteiger partial charge in [-0.1, -0.05) is 12.1 Å². The highest BCUT2D eigenvalue weighted by Gasteiger charge is 2.05. The van der Waals surface area contributed by atoms with Gasteiger partial charge in [0.05, 0.1) is 0 Å². The molecule has 2 aromatic carbocycles. The lowest BCUT2D eigenvalue weighted by Crippen LogP contribution is -2.29. The number of hydrogen-bond donors (Lipinski definition) is 3. The fourth-order valence-electron chi connectivity index (χ4n) is 1.88. The van der Waals surface area contributed by atoms with E-state index >= 15 is 0 Å². The van der Waals surface area contributed by atoms with E-state index in [4.69, 9.17) is 11.6 Å². The molecule has 0 heterocycles. The summed E-state index contributed by atoms with van der Waals surface area (Å²) in [5, 5.41) is 0. The Hall–Kier alpha value is -1.98. The lowest BCUT2D eigenvalue weighted by Gasteiger charge is -2.07. The van der Waals surface area contributed by atoms with Gasteiger partial charge in [0, 0.05) is 21.9 Å². The Balaban J connectivity index is 2.09. The molecule has 20 heavy (non-hydrogen) atoms. The van der Waals surface area contributed by atoms with E-state index in [1.54, 1.807) is 17.8 Å². The lowest BCUT2D eigenvalue weighted by molar-refractivity contribution is 0.0953. The predicted molar refractivity (Wildman–Crippen MR) is 83.2 cm³/mol. The van der Waals surface area contributed by atoms with Crippen LogP contribution in [0.2, 0.25) is 0 Å². The predicted octanol–water partition coefficient (Wildman–Crippen LogP) is 2.47. The number of carbonyl (C=O) groups is 1. The van der Waals surface area contributed by atoms with Crippen LogP contribution in [0.15, 0.2) is 47.4 Å². The van der Waals surface area contributed by atoms with Crippen LogP contribution in [-0.2, 0) is 5.75 Å². The van der Waals surface area contributed by atoms with Crippen LogP contribution in [0.25, 0.3) is 0 Å². The van der Waals surface area contributed by atoms with E-state index in [1.807, 2.05) is 43.3 Å². The van der Waals surface area contributed by atoms with E-state index in [0.29, 0.717) is 5.56 Å². The number of carbonyl (C=O) groups excluding carboxylic acids is 1. The van der Waals surface area contributed by atoms with Gasteiger partial charge in [-0.3, -0.25) is 10.2 Å². The van der Waals surface area contributed by atoms with Crippen LogP contribution in [-0.4, -0.2) is 5.91 Å². The summed E-state index contributed by atoms with van der Waals surface area (Å²) in [6.07, 6.45) is 0. The normalized spacial score (nSPS) is 10.3. The van der Waals surface area contributed by atoms with Crippen molar-refractivity contribution < 1.29 is 4.79 Å². The lowest BCUT2D eigenvalue weighted by atomic mass is 10.1. The van der Waals surface area contributed by atoms with Gasteiger partial charge in [-0.25, -0.2) is 5.84 Å². The highest BCUT2D eigenvalue weighted by molar-refractivity contribution is 7.98. The van der Waals surface area contributed by atoms with E-state index in [-0.39, 0.29) is 5.91 Å². The molecule has 0 aliphatic carbocycles. The molecule has 0 spiro atoms. The molecule has 0 aromatic heterocycles. The number of aryl methyl sites for hydroxylation is 1. The van der Waals surface area contributed by atoms with Gasteiger partial charge in [-0.2, -0.15) is 0 Å². The number of nitrogens with one attached hydrogen (secondary N) is 1. The van der Waals surface area contributed by atoms with Crippen molar-refractivity contribution in [2.45, 2.75) is 17.6 Å². The van der Waals surface area contributed by atoms with Crippen molar-refractivity contribution >= 4 is 23.4 Å². The van der Waals surface area contributed by atoms with Crippen LogP contribution in [0.4, 0.5) is 5.69 Å². The molecule has 0 atom stereocenters. The molecule has 4 nitrogen and oxygen atoms in total. The molecule has 0 saturated heterocycles. The zero-order chi connectivity index (χ0) is 14.5. The van der Waals surface area contributed by atoms with Gasteiger partial charge in [0.2, 0.25) is 0 Å². The number of nitrogens with two attached hydrogens (primary N) is 2. The third-order valence-corrected chi connectivity index (χ3v) is 4.16. The van der Waals surface area contributed by atoms with Crippen molar-refractivity contribution in [1.82, 2.24) is 5.43 Å². The Bertz CT molecular complexity index is 628. The second-order valence-corrected chi connectivity index (χ2v) is 5.50. The Kier molecular flexibility index (Phi) is 4.65. The number of thioether (sulfide) groups is 1. The summed E-state index contributed by atoms with van der Waals surface area (Å²) >= 11 is 1.72. The Morgan fingerprint density at radius 1 is 1.25 bits per heavy atom. The average molecular weight is 287 g/mol. The number of benzene rings is 2. The molecule has 5 N–H and O–H groups in total. The van der Waals surface area contributed by atoms with Crippen molar-refractivity contribution in [3.05, 3.63) is 59.2 Å². The first-order valence-electron chi connectivity index (χ1n) is 6.19. The van der Waals surface area contributed by atoms with Gasteiger partial charge in [-0.15, -0.1) is 11.8 Å². The number of hydrazine groups is 1. The minimum atomic E-state index is -0.277. The minimum absolute atomic E-state index is 0.277. The van der Waals surface area contributed by atoms with Gasteiger partial charge in [0.25, 0.3) is 5.91 Å². The molecule has 0 saturated carbocycles. The second-order valence-electron chi connectivity index (χ2n) is 4.49. The molecular weight excluding hydrogens is 270 g/mol. The van der Waals surface area contributed by atoms with Gasteiger partial charge in [-0.05, 0) is 48.4 Å². The summed E-state index contributed by atoms with van der Waals surface area (Å²) in [5.41, 5.74) is 11.5. The quantitative estimate of drug-likeness (QED) is 0.265. The maximum atomic E-state index is 11.5. The second kappa shape index (κ2) is 6.45. The van der Waals surface area contributed by atoms with Gasteiger partial charge in [0.15, 0.2) is 0 Å². The van der Waals surface area contributed by atoms with Gasteiger partial charge in [0.1, 0.15) is 0 Å². The van der Waals surface area contributed by atoms with Crippen LogP contribution < -0.4 is 17.0 Å². The van der Waals surface area contributed by atoms with E-state index in [2.05, 4.69) is 5.43 Å². The molecule has 0 bridgehead atoms. The molecular formula is C15H17N3OS. The molecule has 0 radical (unpaired) electrons. The largest absolute Gasteiger partial charge is 0.399 e. The highest BCUT2D eigenvalue weighted by atomic mass is 32.2. The smallest absolute Gasteiger partial charge is 0.265 e. The summed E-state index contributed by atoms with van der Waals surface area (Å²) < 4.78 is 0. The van der Waals surface area contributed by atoms with Crippen molar-refractivity contribution in [2.24, 2.45) is 5.84 Å². The van der Waals surface area contributed by atoms with Crippen molar-refractivity contribution in [2.75, 3.05) is 5.73 Å². The third-order valence-electron chi connectivity index (χ3n) is 2.91. The fourth-order valence-corrected chi connectivity index (χ4v) is 2.83. The number of anilines is 1. The summed E-state index contributed by atoms with van der Waals surface area (Å²) in [5.74, 6) is 5.65. The Labute approximate surface area is 122 Å². The van der Waals surface area contributed by atoms with E-state index in [0.717, 1.165) is 22.6 Å². The molecule has 2 aromatic rings. The first-order chi connectivity index (χ1) is 9.60. The minimum Gasteiger partial charge on any atom is -0.399 e. The first kappa shape index (κ1) is 14.4. The zero-order valence-electron chi connectivity index (χ0n) is 11.2. The molecule has 2 rings (SSSR count). The number of hydrogen-bond acceptors (Lipinski definition) is 4. The summed E-state index contributed by atoms with van der Waals surface area (Å²) in [7, 11) is 0. The van der Waals surface area contributed by atoms with Crippen molar-refractivity contribution in [1.29, 1.82) is 0 Å². The van der Waals surface area contributed by atoms with Crippen molar-refractivity contribution in [3.8, 4) is 0 Å². The molecule has 0 fully saturated rings. The maximum Gasteiger partial charge on any atom is 0.265 e. The first-order valence-corrected chi connectivity index (χ1v) is 7.17. The standard InChI is InChI=1S/C15H17N3OS/c1-10-7-13(16)5-6-14(10)20-9-11-3-2-4-12(8-11)15(19)18-17/h2-8H,9,16-17H2,1H3,(H,18,19). The van der Waals surface area contributed by atoms with Crippen LogP contribution in [0.5, 0.6) is 0 Å². The number of nitrogen functional groups attached to an aromatic ring is 2. The van der Waals surface area contributed by atoms with E-state index in [9.17, 15) is 4.79 Å². The topological polar surface area (TPSA) is 81.1 Å². The summed E-state index contributed by atoms with van der Waals surface area (Å²) in [6, 6.07) is 13.3. The molecule has 1 amide bonds. The summed E-state index contributed by atoms with van der Waals surface area (Å²) in [4.78, 5) is 12.7. The van der Waals surface area contributed by atoms with E-state index in [1.165, 1.54) is 4.90 Å².